The highest BCUT2D eigenvalue weighted by Crippen LogP contribution is 2.37. The van der Waals surface area contributed by atoms with Crippen LogP contribution in [0, 0.1) is 0 Å². The largest absolute Gasteiger partial charge is 0.0616 e. The average molecular weight is 533 g/mol. The molecule has 0 aliphatic carbocycles. The van der Waals surface area contributed by atoms with Crippen molar-refractivity contribution in [2.24, 2.45) is 0 Å². The summed E-state index contributed by atoms with van der Waals surface area (Å²) in [6.07, 6.45) is 0. The Morgan fingerprint density at radius 3 is 1.24 bits per heavy atom. The van der Waals surface area contributed by atoms with Gasteiger partial charge in [-0.1, -0.05) is 164 Å². The molecule has 0 bridgehead atoms. The fourth-order valence-electron chi connectivity index (χ4n) is 6.33. The van der Waals surface area contributed by atoms with Gasteiger partial charge in [-0.3, -0.25) is 0 Å². The van der Waals surface area contributed by atoms with Crippen molar-refractivity contribution >= 4 is 32.3 Å². The third-order valence-corrected chi connectivity index (χ3v) is 8.50. The van der Waals surface area contributed by atoms with Crippen LogP contribution in [0.15, 0.2) is 170 Å². The van der Waals surface area contributed by atoms with Gasteiger partial charge in [0.15, 0.2) is 0 Å². The van der Waals surface area contributed by atoms with Crippen LogP contribution in [0.25, 0.3) is 76.8 Å². The van der Waals surface area contributed by atoms with E-state index in [1.54, 1.807) is 0 Å². The quantitative estimate of drug-likeness (QED) is 0.211. The van der Waals surface area contributed by atoms with Crippen molar-refractivity contribution in [3.05, 3.63) is 170 Å². The van der Waals surface area contributed by atoms with Crippen LogP contribution in [0.4, 0.5) is 0 Å². The summed E-state index contributed by atoms with van der Waals surface area (Å²) in [6, 6.07) is 61.7. The number of rotatable bonds is 4. The number of hydrogen-bond donors (Lipinski definition) is 0. The number of fused-ring (bicyclic) bond motifs is 3. The van der Waals surface area contributed by atoms with Crippen LogP contribution in [0.5, 0.6) is 0 Å². The Morgan fingerprint density at radius 1 is 0.214 bits per heavy atom. The molecule has 0 heteroatoms. The lowest BCUT2D eigenvalue weighted by Crippen LogP contribution is -1.87. The Hall–Kier alpha value is -5.46. The summed E-state index contributed by atoms with van der Waals surface area (Å²) in [6.45, 7) is 0. The Kier molecular flexibility index (Phi) is 5.90. The van der Waals surface area contributed by atoms with Crippen LogP contribution in [-0.2, 0) is 0 Å². The fraction of sp³-hybridized carbons (Fsp3) is 0. The minimum atomic E-state index is 1.23. The summed E-state index contributed by atoms with van der Waals surface area (Å²) in [5, 5.41) is 7.64. The van der Waals surface area contributed by atoms with Crippen molar-refractivity contribution in [1.29, 1.82) is 0 Å². The van der Waals surface area contributed by atoms with E-state index in [-0.39, 0.29) is 0 Å². The third kappa shape index (κ3) is 4.26. The smallest absolute Gasteiger partial charge is 0.00992 e. The molecule has 0 aliphatic heterocycles. The molecule has 0 spiro atoms. The first-order valence-electron chi connectivity index (χ1n) is 14.5. The second-order valence-electron chi connectivity index (χ2n) is 10.9. The highest BCUT2D eigenvalue weighted by molar-refractivity contribution is 6.05. The molecule has 0 nitrogen and oxygen atoms in total. The Balaban J connectivity index is 1.15. The molecule has 196 valence electrons. The van der Waals surface area contributed by atoms with E-state index in [1.165, 1.54) is 76.8 Å². The lowest BCUT2D eigenvalue weighted by molar-refractivity contribution is 1.61. The van der Waals surface area contributed by atoms with Crippen LogP contribution in [0.2, 0.25) is 0 Å². The van der Waals surface area contributed by atoms with Gasteiger partial charge in [0.2, 0.25) is 0 Å². The van der Waals surface area contributed by atoms with E-state index >= 15 is 0 Å². The summed E-state index contributed by atoms with van der Waals surface area (Å²) in [5.41, 5.74) is 9.96. The summed E-state index contributed by atoms with van der Waals surface area (Å²) >= 11 is 0. The predicted molar refractivity (Wildman–Crippen MR) is 181 cm³/mol. The van der Waals surface area contributed by atoms with E-state index in [1.807, 2.05) is 0 Å². The molecule has 8 aromatic carbocycles. The molecule has 8 rings (SSSR count). The van der Waals surface area contributed by atoms with E-state index in [4.69, 9.17) is 0 Å². The van der Waals surface area contributed by atoms with Gasteiger partial charge in [-0.25, -0.2) is 0 Å². The second kappa shape index (κ2) is 10.2. The first-order chi connectivity index (χ1) is 20.8. The van der Waals surface area contributed by atoms with Crippen LogP contribution in [-0.4, -0.2) is 0 Å². The summed E-state index contributed by atoms with van der Waals surface area (Å²) in [4.78, 5) is 0. The predicted octanol–water partition coefficient (Wildman–Crippen LogP) is 11.8. The van der Waals surface area contributed by atoms with Gasteiger partial charge in [0.05, 0.1) is 0 Å². The third-order valence-electron chi connectivity index (χ3n) is 8.50. The molecule has 0 saturated heterocycles. The number of hydrogen-bond acceptors (Lipinski definition) is 0. The molecule has 8 aromatic rings. The molecule has 0 amide bonds. The lowest BCUT2D eigenvalue weighted by Gasteiger charge is -2.13. The minimum absolute atomic E-state index is 1.23. The number of benzene rings is 8. The van der Waals surface area contributed by atoms with Gasteiger partial charge in [0, 0.05) is 0 Å². The highest BCUT2D eigenvalue weighted by Gasteiger charge is 2.10. The zero-order valence-electron chi connectivity index (χ0n) is 23.2. The minimum Gasteiger partial charge on any atom is -0.0616 e. The lowest BCUT2D eigenvalue weighted by atomic mass is 9.91. The SMILES string of the molecule is c1ccc2cc(-c3ccc(-c4cccc5c(-c6ccc(-c7cccc8ccccc78)cc6)cccc45)cc3)ccc2c1. The maximum Gasteiger partial charge on any atom is -0.00992 e. The normalized spacial score (nSPS) is 11.3. The molecule has 0 atom stereocenters. The van der Waals surface area contributed by atoms with E-state index in [9.17, 15) is 0 Å². The van der Waals surface area contributed by atoms with E-state index in [0.717, 1.165) is 0 Å². The Bertz CT molecular complexity index is 2210. The van der Waals surface area contributed by atoms with Crippen LogP contribution in [0.3, 0.4) is 0 Å². The zero-order valence-corrected chi connectivity index (χ0v) is 23.2. The van der Waals surface area contributed by atoms with Gasteiger partial charge < -0.3 is 0 Å². The van der Waals surface area contributed by atoms with Crippen LogP contribution < -0.4 is 0 Å². The summed E-state index contributed by atoms with van der Waals surface area (Å²) < 4.78 is 0. The standard InChI is InChI=1S/C42H28/c1-2-10-35-28-36(27-20-29(35)8-1)30-18-21-33(22-19-30)39-14-6-17-42-40(15-7-16-41(39)42)34-25-23-32(24-26-34)38-13-5-11-31-9-3-4-12-37(31)38/h1-28H. The average Bonchev–Trinajstić information content (AvgIpc) is 3.07. The van der Waals surface area contributed by atoms with Gasteiger partial charge in [-0.2, -0.15) is 0 Å². The topological polar surface area (TPSA) is 0 Å². The van der Waals surface area contributed by atoms with Gasteiger partial charge in [-0.15, -0.1) is 0 Å². The molecule has 0 heterocycles. The Morgan fingerprint density at radius 2 is 0.619 bits per heavy atom. The molecule has 0 fully saturated rings. The first kappa shape index (κ1) is 24.3. The molecule has 0 radical (unpaired) electrons. The second-order valence-corrected chi connectivity index (χ2v) is 10.9. The van der Waals surface area contributed by atoms with E-state index < -0.39 is 0 Å². The zero-order chi connectivity index (χ0) is 27.9. The van der Waals surface area contributed by atoms with Crippen molar-refractivity contribution in [3.8, 4) is 44.5 Å². The van der Waals surface area contributed by atoms with Crippen molar-refractivity contribution in [2.75, 3.05) is 0 Å². The first-order valence-corrected chi connectivity index (χ1v) is 14.5. The molecule has 0 saturated carbocycles. The van der Waals surface area contributed by atoms with Crippen LogP contribution >= 0.6 is 0 Å². The maximum absolute atomic E-state index is 2.28. The summed E-state index contributed by atoms with van der Waals surface area (Å²) in [7, 11) is 0. The van der Waals surface area contributed by atoms with Crippen molar-refractivity contribution < 1.29 is 0 Å². The fourth-order valence-corrected chi connectivity index (χ4v) is 6.33. The highest BCUT2D eigenvalue weighted by atomic mass is 14.1. The van der Waals surface area contributed by atoms with Crippen LogP contribution in [0.1, 0.15) is 0 Å². The van der Waals surface area contributed by atoms with Crippen molar-refractivity contribution in [3.63, 3.8) is 0 Å². The molecule has 0 unspecified atom stereocenters. The van der Waals surface area contributed by atoms with E-state index in [2.05, 4.69) is 170 Å². The van der Waals surface area contributed by atoms with Gasteiger partial charge in [-0.05, 0) is 82.9 Å². The maximum atomic E-state index is 2.28. The van der Waals surface area contributed by atoms with Crippen molar-refractivity contribution in [1.82, 2.24) is 0 Å². The Labute approximate surface area is 246 Å². The van der Waals surface area contributed by atoms with Crippen molar-refractivity contribution in [2.45, 2.75) is 0 Å². The molecular formula is C42H28. The molecule has 0 aliphatic rings. The molecular weight excluding hydrogens is 504 g/mol. The van der Waals surface area contributed by atoms with E-state index in [0.29, 0.717) is 0 Å². The summed E-state index contributed by atoms with van der Waals surface area (Å²) in [5.74, 6) is 0. The monoisotopic (exact) mass is 532 g/mol. The van der Waals surface area contributed by atoms with Gasteiger partial charge in [0.1, 0.15) is 0 Å². The molecule has 0 N–H and O–H groups in total. The molecule has 42 heavy (non-hydrogen) atoms. The van der Waals surface area contributed by atoms with Gasteiger partial charge >= 0.3 is 0 Å². The molecule has 0 aromatic heterocycles. The van der Waals surface area contributed by atoms with Gasteiger partial charge in [0.25, 0.3) is 0 Å².